The molecule has 1 heterocycles. The quantitative estimate of drug-likeness (QED) is 0.845. The van der Waals surface area contributed by atoms with Gasteiger partial charge in [-0.15, -0.1) is 0 Å². The predicted molar refractivity (Wildman–Crippen MR) is 72.7 cm³/mol. The van der Waals surface area contributed by atoms with E-state index in [-0.39, 0.29) is 31.2 Å². The van der Waals surface area contributed by atoms with Crippen LogP contribution >= 0.6 is 0 Å². The zero-order chi connectivity index (χ0) is 16.2. The summed E-state index contributed by atoms with van der Waals surface area (Å²) in [4.78, 5) is 24.8. The van der Waals surface area contributed by atoms with Gasteiger partial charge in [0.25, 0.3) is 0 Å². The number of carbonyl (C=O) groups excluding carboxylic acids is 2. The molecule has 0 aliphatic carbocycles. The molecule has 0 radical (unpaired) electrons. The van der Waals surface area contributed by atoms with Gasteiger partial charge in [-0.25, -0.2) is 0 Å². The molecule has 122 valence electrons. The van der Waals surface area contributed by atoms with Crippen LogP contribution in [0.4, 0.5) is 13.2 Å². The van der Waals surface area contributed by atoms with Crippen molar-refractivity contribution in [1.82, 2.24) is 10.2 Å². The molecule has 0 aromatic carbocycles. The lowest BCUT2D eigenvalue weighted by Crippen LogP contribution is -2.50. The van der Waals surface area contributed by atoms with Crippen LogP contribution in [0, 0.1) is 11.8 Å². The summed E-state index contributed by atoms with van der Waals surface area (Å²) in [6.45, 7) is 5.25. The largest absolute Gasteiger partial charge is 0.393 e. The van der Waals surface area contributed by atoms with E-state index in [9.17, 15) is 22.8 Å². The van der Waals surface area contributed by atoms with E-state index in [4.69, 9.17) is 0 Å². The Labute approximate surface area is 123 Å². The van der Waals surface area contributed by atoms with Crippen molar-refractivity contribution in [3.63, 3.8) is 0 Å². The highest BCUT2D eigenvalue weighted by molar-refractivity contribution is 5.88. The second-order valence-corrected chi connectivity index (χ2v) is 6.02. The van der Waals surface area contributed by atoms with E-state index in [0.29, 0.717) is 13.0 Å². The summed E-state index contributed by atoms with van der Waals surface area (Å²) in [5, 5.41) is 2.61. The first kappa shape index (κ1) is 17.9. The Hall–Kier alpha value is -1.11. The Morgan fingerprint density at radius 1 is 1.33 bits per heavy atom. The molecule has 2 atom stereocenters. The van der Waals surface area contributed by atoms with Crippen molar-refractivity contribution < 1.29 is 22.8 Å². The van der Waals surface area contributed by atoms with E-state index in [2.05, 4.69) is 5.32 Å². The number of hydrogen-bond donors (Lipinski definition) is 1. The molecule has 1 amide bonds. The second-order valence-electron chi connectivity index (χ2n) is 6.02. The van der Waals surface area contributed by atoms with Gasteiger partial charge in [0.2, 0.25) is 5.91 Å². The van der Waals surface area contributed by atoms with E-state index in [0.717, 1.165) is 0 Å². The van der Waals surface area contributed by atoms with Gasteiger partial charge in [0, 0.05) is 6.54 Å². The number of nitrogens with zero attached hydrogens (tertiary/aromatic N) is 1. The molecule has 1 saturated heterocycles. The van der Waals surface area contributed by atoms with Gasteiger partial charge in [-0.05, 0) is 32.2 Å². The molecule has 2 unspecified atom stereocenters. The highest BCUT2D eigenvalue weighted by Gasteiger charge is 2.42. The second kappa shape index (κ2) is 7.24. The van der Waals surface area contributed by atoms with Crippen LogP contribution in [-0.4, -0.2) is 48.4 Å². The summed E-state index contributed by atoms with van der Waals surface area (Å²) in [5.41, 5.74) is 0. The molecular weight excluding hydrogens is 285 g/mol. The average molecular weight is 308 g/mol. The van der Waals surface area contributed by atoms with Crippen molar-refractivity contribution in [2.45, 2.75) is 45.8 Å². The molecule has 0 aromatic heterocycles. The molecule has 0 bridgehead atoms. The number of alkyl halides is 3. The summed E-state index contributed by atoms with van der Waals surface area (Å²) in [5.74, 6) is -1.96. The highest BCUT2D eigenvalue weighted by Crippen LogP contribution is 2.32. The summed E-state index contributed by atoms with van der Waals surface area (Å²) >= 11 is 0. The molecule has 0 aromatic rings. The number of halogens is 3. The maximum Gasteiger partial charge on any atom is 0.393 e. The Morgan fingerprint density at radius 3 is 2.43 bits per heavy atom. The Morgan fingerprint density at radius 2 is 1.95 bits per heavy atom. The summed E-state index contributed by atoms with van der Waals surface area (Å²) in [6, 6.07) is -0.583. The summed E-state index contributed by atoms with van der Waals surface area (Å²) < 4.78 is 38.1. The minimum atomic E-state index is -4.21. The number of rotatable bonds is 5. The molecule has 1 aliphatic heterocycles. The molecule has 1 aliphatic rings. The number of amides is 1. The lowest BCUT2D eigenvalue weighted by atomic mass is 9.97. The van der Waals surface area contributed by atoms with Crippen LogP contribution in [0.25, 0.3) is 0 Å². The first-order valence-corrected chi connectivity index (χ1v) is 7.20. The Bertz CT molecular complexity index is 383. The number of carbonyl (C=O) groups is 2. The molecule has 1 rings (SSSR count). The van der Waals surface area contributed by atoms with E-state index in [1.807, 2.05) is 13.8 Å². The summed E-state index contributed by atoms with van der Waals surface area (Å²) in [6.07, 6.45) is -3.67. The van der Waals surface area contributed by atoms with Crippen LogP contribution in [0.3, 0.4) is 0 Å². The highest BCUT2D eigenvalue weighted by atomic mass is 19.4. The fourth-order valence-corrected chi connectivity index (χ4v) is 2.63. The third-order valence-electron chi connectivity index (χ3n) is 3.76. The Balaban J connectivity index is 2.52. The zero-order valence-electron chi connectivity index (χ0n) is 12.7. The van der Waals surface area contributed by atoms with Crippen LogP contribution in [0.15, 0.2) is 0 Å². The van der Waals surface area contributed by atoms with Gasteiger partial charge in [0.15, 0.2) is 5.78 Å². The van der Waals surface area contributed by atoms with Gasteiger partial charge in [0.05, 0.1) is 18.5 Å². The lowest BCUT2D eigenvalue weighted by molar-refractivity contribution is -0.187. The van der Waals surface area contributed by atoms with Crippen molar-refractivity contribution in [3.05, 3.63) is 0 Å². The normalized spacial score (nSPS) is 22.1. The number of nitrogens with one attached hydrogen (secondary N) is 1. The maximum atomic E-state index is 12.7. The summed E-state index contributed by atoms with van der Waals surface area (Å²) in [7, 11) is 0. The van der Waals surface area contributed by atoms with Gasteiger partial charge in [-0.3, -0.25) is 14.5 Å². The number of hydrogen-bond acceptors (Lipinski definition) is 3. The standard InChI is InChI=1S/C14H23F3N2O2/c1-9(2)13(10(3)20)18-12(21)8-19-6-4-5-11(7-19)14(15,16)17/h9,11,13H,4-8H2,1-3H3,(H,18,21). The first-order valence-electron chi connectivity index (χ1n) is 7.20. The number of Topliss-reactive ketones (excluding diaryl/α,β-unsaturated/α-hetero) is 1. The number of piperidine rings is 1. The van der Waals surface area contributed by atoms with Crippen molar-refractivity contribution in [1.29, 1.82) is 0 Å². The van der Waals surface area contributed by atoms with Crippen molar-refractivity contribution in [3.8, 4) is 0 Å². The van der Waals surface area contributed by atoms with Crippen LogP contribution < -0.4 is 5.32 Å². The molecule has 1 N–H and O–H groups in total. The van der Waals surface area contributed by atoms with Gasteiger partial charge in [-0.2, -0.15) is 13.2 Å². The molecule has 4 nitrogen and oxygen atoms in total. The van der Waals surface area contributed by atoms with Crippen molar-refractivity contribution in [2.24, 2.45) is 11.8 Å². The minimum Gasteiger partial charge on any atom is -0.345 e. The third kappa shape index (κ3) is 5.65. The van der Waals surface area contributed by atoms with Crippen molar-refractivity contribution in [2.75, 3.05) is 19.6 Å². The Kier molecular flexibility index (Phi) is 6.19. The van der Waals surface area contributed by atoms with Gasteiger partial charge in [0.1, 0.15) is 0 Å². The van der Waals surface area contributed by atoms with Crippen LogP contribution in [-0.2, 0) is 9.59 Å². The average Bonchev–Trinajstić information content (AvgIpc) is 2.34. The molecule has 21 heavy (non-hydrogen) atoms. The molecular formula is C14H23F3N2O2. The van der Waals surface area contributed by atoms with Crippen LogP contribution in [0.1, 0.15) is 33.6 Å². The first-order chi connectivity index (χ1) is 9.61. The fourth-order valence-electron chi connectivity index (χ4n) is 2.63. The zero-order valence-corrected chi connectivity index (χ0v) is 12.7. The topological polar surface area (TPSA) is 49.4 Å². The lowest BCUT2D eigenvalue weighted by Gasteiger charge is -2.33. The van der Waals surface area contributed by atoms with Gasteiger partial charge < -0.3 is 5.32 Å². The monoisotopic (exact) mass is 308 g/mol. The van der Waals surface area contributed by atoms with Crippen molar-refractivity contribution >= 4 is 11.7 Å². The van der Waals surface area contributed by atoms with E-state index in [1.165, 1.54) is 11.8 Å². The van der Waals surface area contributed by atoms with Crippen LogP contribution in [0.2, 0.25) is 0 Å². The molecule has 0 spiro atoms. The van der Waals surface area contributed by atoms with Gasteiger partial charge in [-0.1, -0.05) is 13.8 Å². The van der Waals surface area contributed by atoms with E-state index in [1.54, 1.807) is 0 Å². The predicted octanol–water partition coefficient (Wildman–Crippen LogP) is 1.99. The molecule has 0 saturated carbocycles. The molecule has 7 heteroatoms. The fraction of sp³-hybridized carbons (Fsp3) is 0.857. The van der Waals surface area contributed by atoms with Gasteiger partial charge >= 0.3 is 6.18 Å². The third-order valence-corrected chi connectivity index (χ3v) is 3.76. The van der Waals surface area contributed by atoms with Crippen LogP contribution in [0.5, 0.6) is 0 Å². The SMILES string of the molecule is CC(=O)C(NC(=O)CN1CCCC(C(F)(F)F)C1)C(C)C. The van der Waals surface area contributed by atoms with E-state index < -0.39 is 24.0 Å². The molecule has 1 fully saturated rings. The minimum absolute atomic E-state index is 0.0456. The smallest absolute Gasteiger partial charge is 0.345 e. The van der Waals surface area contributed by atoms with E-state index >= 15 is 0 Å². The number of likely N-dealkylation sites (tertiary alicyclic amines) is 1. The maximum absolute atomic E-state index is 12.7. The number of ketones is 1.